The molecular formula is C14H18Cl2N2O2S. The molecule has 2 aliphatic rings. The first kappa shape index (κ1) is 15.6. The van der Waals surface area contributed by atoms with Crippen LogP contribution in [0.5, 0.6) is 0 Å². The number of halogens is 2. The zero-order valence-electron chi connectivity index (χ0n) is 11.6. The lowest BCUT2D eigenvalue weighted by Gasteiger charge is -2.34. The molecule has 1 aliphatic heterocycles. The molecule has 0 spiro atoms. The smallest absolute Gasteiger partial charge is 0.243 e. The van der Waals surface area contributed by atoms with Gasteiger partial charge >= 0.3 is 0 Å². The summed E-state index contributed by atoms with van der Waals surface area (Å²) < 4.78 is 26.9. The molecule has 1 aromatic carbocycles. The number of hydrogen-bond donors (Lipinski definition) is 0. The van der Waals surface area contributed by atoms with Crippen molar-refractivity contribution in [3.05, 3.63) is 28.8 Å². The van der Waals surface area contributed by atoms with Crippen molar-refractivity contribution in [3.63, 3.8) is 0 Å². The Morgan fingerprint density at radius 1 is 1.14 bits per heavy atom. The van der Waals surface area contributed by atoms with Crippen LogP contribution in [0.2, 0.25) is 5.02 Å². The predicted octanol–water partition coefficient (Wildman–Crippen LogP) is 2.55. The molecule has 2 fully saturated rings. The van der Waals surface area contributed by atoms with Crippen molar-refractivity contribution in [2.24, 2.45) is 0 Å². The summed E-state index contributed by atoms with van der Waals surface area (Å²) in [5, 5.41) is 0.502. The van der Waals surface area contributed by atoms with Gasteiger partial charge in [-0.3, -0.25) is 4.90 Å². The van der Waals surface area contributed by atoms with Gasteiger partial charge in [0.25, 0.3) is 0 Å². The molecule has 3 rings (SSSR count). The second-order valence-corrected chi connectivity index (χ2v) is 8.17. The first-order valence-corrected chi connectivity index (χ1v) is 9.46. The van der Waals surface area contributed by atoms with Crippen LogP contribution in [-0.2, 0) is 15.9 Å². The molecule has 7 heteroatoms. The largest absolute Gasteiger partial charge is 0.298 e. The molecule has 1 heterocycles. The van der Waals surface area contributed by atoms with E-state index in [0.717, 1.165) is 13.1 Å². The molecule has 0 aromatic heterocycles. The highest BCUT2D eigenvalue weighted by atomic mass is 35.5. The molecular weight excluding hydrogens is 331 g/mol. The van der Waals surface area contributed by atoms with Crippen LogP contribution >= 0.6 is 23.2 Å². The Hall–Kier alpha value is -0.330. The fourth-order valence-electron chi connectivity index (χ4n) is 2.71. The summed E-state index contributed by atoms with van der Waals surface area (Å²) in [5.74, 6) is 0.206. The molecule has 1 saturated heterocycles. The SMILES string of the molecule is O=S(=O)(c1ccc(Cl)c(CCl)c1)N1CCN(C2CC2)CC1. The van der Waals surface area contributed by atoms with Crippen molar-refractivity contribution in [2.45, 2.75) is 29.7 Å². The molecule has 1 aromatic rings. The van der Waals surface area contributed by atoms with Crippen LogP contribution in [0.15, 0.2) is 23.1 Å². The van der Waals surface area contributed by atoms with Crippen molar-refractivity contribution in [3.8, 4) is 0 Å². The average molecular weight is 349 g/mol. The highest BCUT2D eigenvalue weighted by Crippen LogP contribution is 2.29. The summed E-state index contributed by atoms with van der Waals surface area (Å²) >= 11 is 11.8. The van der Waals surface area contributed by atoms with Gasteiger partial charge in [-0.05, 0) is 36.6 Å². The van der Waals surface area contributed by atoms with Gasteiger partial charge in [-0.2, -0.15) is 4.31 Å². The van der Waals surface area contributed by atoms with E-state index in [-0.39, 0.29) is 10.8 Å². The fraction of sp³-hybridized carbons (Fsp3) is 0.571. The van der Waals surface area contributed by atoms with E-state index in [2.05, 4.69) is 4.90 Å². The monoisotopic (exact) mass is 348 g/mol. The molecule has 21 heavy (non-hydrogen) atoms. The maximum absolute atomic E-state index is 12.7. The van der Waals surface area contributed by atoms with Crippen molar-refractivity contribution in [1.29, 1.82) is 0 Å². The van der Waals surface area contributed by atoms with Gasteiger partial charge in [0.1, 0.15) is 0 Å². The lowest BCUT2D eigenvalue weighted by molar-refractivity contribution is 0.180. The highest BCUT2D eigenvalue weighted by molar-refractivity contribution is 7.89. The van der Waals surface area contributed by atoms with Gasteiger partial charge in [0.2, 0.25) is 10.0 Å². The minimum atomic E-state index is -3.45. The van der Waals surface area contributed by atoms with E-state index in [4.69, 9.17) is 23.2 Å². The Labute approximate surface area is 135 Å². The number of piperazine rings is 1. The summed E-state index contributed by atoms with van der Waals surface area (Å²) in [6.07, 6.45) is 2.51. The van der Waals surface area contributed by atoms with Crippen LogP contribution in [0.4, 0.5) is 0 Å². The number of sulfonamides is 1. The number of nitrogens with zero attached hydrogens (tertiary/aromatic N) is 2. The summed E-state index contributed by atoms with van der Waals surface area (Å²) in [7, 11) is -3.45. The summed E-state index contributed by atoms with van der Waals surface area (Å²) in [6.45, 7) is 2.75. The van der Waals surface area contributed by atoms with Crippen LogP contribution in [-0.4, -0.2) is 49.8 Å². The Kier molecular flexibility index (Phi) is 4.48. The molecule has 4 nitrogen and oxygen atoms in total. The molecule has 1 aliphatic carbocycles. The number of rotatable bonds is 4. The second kappa shape index (κ2) is 6.05. The van der Waals surface area contributed by atoms with Gasteiger partial charge in [-0.25, -0.2) is 8.42 Å². The summed E-state index contributed by atoms with van der Waals surface area (Å²) in [4.78, 5) is 2.67. The van der Waals surface area contributed by atoms with E-state index in [1.54, 1.807) is 22.5 Å². The third-order valence-electron chi connectivity index (χ3n) is 4.14. The van der Waals surface area contributed by atoms with Crippen molar-refractivity contribution >= 4 is 33.2 Å². The second-order valence-electron chi connectivity index (χ2n) is 5.56. The van der Waals surface area contributed by atoms with Crippen molar-refractivity contribution in [1.82, 2.24) is 9.21 Å². The standard InChI is InChI=1S/C14H18Cl2N2O2S/c15-10-11-9-13(3-4-14(11)16)21(19,20)18-7-5-17(6-8-18)12-1-2-12/h3-4,9,12H,1-2,5-8,10H2. The van der Waals surface area contributed by atoms with Crippen molar-refractivity contribution < 1.29 is 8.42 Å². The van der Waals surface area contributed by atoms with E-state index >= 15 is 0 Å². The van der Waals surface area contributed by atoms with Gasteiger partial charge < -0.3 is 0 Å². The summed E-state index contributed by atoms with van der Waals surface area (Å²) in [6, 6.07) is 5.43. The van der Waals surface area contributed by atoms with Gasteiger partial charge in [0.15, 0.2) is 0 Å². The van der Waals surface area contributed by atoms with E-state index in [1.165, 1.54) is 12.8 Å². The third-order valence-corrected chi connectivity index (χ3v) is 6.69. The van der Waals surface area contributed by atoms with E-state index in [0.29, 0.717) is 29.7 Å². The first-order chi connectivity index (χ1) is 10.0. The van der Waals surface area contributed by atoms with Crippen LogP contribution in [0.25, 0.3) is 0 Å². The zero-order chi connectivity index (χ0) is 15.0. The fourth-order valence-corrected chi connectivity index (χ4v) is 4.66. The average Bonchev–Trinajstić information content (AvgIpc) is 3.32. The Morgan fingerprint density at radius 2 is 1.81 bits per heavy atom. The lowest BCUT2D eigenvalue weighted by atomic mass is 10.2. The minimum Gasteiger partial charge on any atom is -0.298 e. The van der Waals surface area contributed by atoms with Gasteiger partial charge in [0.05, 0.1) is 4.90 Å². The Balaban J connectivity index is 1.77. The highest BCUT2D eigenvalue weighted by Gasteiger charge is 2.34. The molecule has 0 unspecified atom stereocenters. The number of benzene rings is 1. The van der Waals surface area contributed by atoms with Crippen LogP contribution in [0.1, 0.15) is 18.4 Å². The molecule has 0 bridgehead atoms. The Bertz CT molecular complexity index is 624. The molecule has 0 atom stereocenters. The maximum atomic E-state index is 12.7. The molecule has 116 valence electrons. The van der Waals surface area contributed by atoms with Gasteiger partial charge in [-0.15, -0.1) is 11.6 Å². The lowest BCUT2D eigenvalue weighted by Crippen LogP contribution is -2.49. The number of hydrogen-bond acceptors (Lipinski definition) is 3. The normalized spacial score (nSPS) is 21.6. The van der Waals surface area contributed by atoms with E-state index in [1.807, 2.05) is 0 Å². The van der Waals surface area contributed by atoms with E-state index in [9.17, 15) is 8.42 Å². The van der Waals surface area contributed by atoms with Gasteiger partial charge in [-0.1, -0.05) is 11.6 Å². The van der Waals surface area contributed by atoms with Crippen molar-refractivity contribution in [2.75, 3.05) is 26.2 Å². The summed E-state index contributed by atoms with van der Waals surface area (Å²) in [5.41, 5.74) is 0.649. The predicted molar refractivity (Wildman–Crippen MR) is 84.4 cm³/mol. The number of alkyl halides is 1. The van der Waals surface area contributed by atoms with Crippen LogP contribution < -0.4 is 0 Å². The first-order valence-electron chi connectivity index (χ1n) is 7.11. The van der Waals surface area contributed by atoms with Crippen LogP contribution in [0.3, 0.4) is 0 Å². The zero-order valence-corrected chi connectivity index (χ0v) is 14.0. The molecule has 1 saturated carbocycles. The maximum Gasteiger partial charge on any atom is 0.243 e. The third kappa shape index (κ3) is 3.22. The molecule has 0 amide bonds. The minimum absolute atomic E-state index is 0.206. The Morgan fingerprint density at radius 3 is 2.38 bits per heavy atom. The van der Waals surface area contributed by atoms with Gasteiger partial charge in [0, 0.05) is 43.1 Å². The van der Waals surface area contributed by atoms with Crippen LogP contribution in [0, 0.1) is 0 Å². The molecule has 0 N–H and O–H groups in total. The quantitative estimate of drug-likeness (QED) is 0.785. The molecule has 0 radical (unpaired) electrons. The topological polar surface area (TPSA) is 40.6 Å². The van der Waals surface area contributed by atoms with E-state index < -0.39 is 10.0 Å².